The Balaban J connectivity index is 1.69. The van der Waals surface area contributed by atoms with Crippen molar-refractivity contribution in [2.75, 3.05) is 18.5 Å². The van der Waals surface area contributed by atoms with Crippen molar-refractivity contribution in [3.63, 3.8) is 0 Å². The molecule has 0 radical (unpaired) electrons. The van der Waals surface area contributed by atoms with Crippen molar-refractivity contribution in [1.29, 1.82) is 0 Å². The fourth-order valence-corrected chi connectivity index (χ4v) is 4.15. The molecule has 1 saturated heterocycles. The Hall–Kier alpha value is -2.82. The van der Waals surface area contributed by atoms with E-state index >= 15 is 0 Å². The van der Waals surface area contributed by atoms with Crippen molar-refractivity contribution in [2.45, 2.75) is 58.6 Å². The van der Waals surface area contributed by atoms with Crippen LogP contribution in [-0.4, -0.2) is 51.9 Å². The summed E-state index contributed by atoms with van der Waals surface area (Å²) in [7, 11) is 0. The molecule has 174 valence electrons. The minimum Gasteiger partial charge on any atom is -0.490 e. The summed E-state index contributed by atoms with van der Waals surface area (Å²) < 4.78 is 39.4. The van der Waals surface area contributed by atoms with Crippen LogP contribution < -0.4 is 14.8 Å². The lowest BCUT2D eigenvalue weighted by Crippen LogP contribution is -2.42. The molecule has 2 aromatic rings. The third kappa shape index (κ3) is 5.50. The van der Waals surface area contributed by atoms with Gasteiger partial charge in [0.2, 0.25) is 16.9 Å². The van der Waals surface area contributed by atoms with Gasteiger partial charge in [0, 0.05) is 36.3 Å². The van der Waals surface area contributed by atoms with Crippen LogP contribution in [0.25, 0.3) is 0 Å². The van der Waals surface area contributed by atoms with Gasteiger partial charge in [-0.2, -0.15) is 13.2 Å². The van der Waals surface area contributed by atoms with Crippen LogP contribution in [0.2, 0.25) is 0 Å². The minimum atomic E-state index is -2.97. The number of rotatable bonds is 9. The van der Waals surface area contributed by atoms with Crippen LogP contribution in [0.1, 0.15) is 57.3 Å². The lowest BCUT2D eigenvalue weighted by molar-refractivity contribution is -0.134. The van der Waals surface area contributed by atoms with Gasteiger partial charge in [-0.1, -0.05) is 19.9 Å². The summed E-state index contributed by atoms with van der Waals surface area (Å²) in [5.41, 5.74) is 0.754. The normalized spacial score (nSPS) is 17.2. The highest BCUT2D eigenvalue weighted by Crippen LogP contribution is 2.36. The van der Waals surface area contributed by atoms with Gasteiger partial charge in [0.15, 0.2) is 11.5 Å². The fraction of sp³-hybridized carbons (Fsp3) is 0.524. The zero-order valence-corrected chi connectivity index (χ0v) is 19.1. The zero-order chi connectivity index (χ0) is 23.4. The van der Waals surface area contributed by atoms with E-state index < -0.39 is 12.7 Å². The Morgan fingerprint density at radius 3 is 2.69 bits per heavy atom. The molecule has 1 aromatic heterocycles. The Kier molecular flexibility index (Phi) is 7.60. The van der Waals surface area contributed by atoms with Gasteiger partial charge in [-0.15, -0.1) is 0 Å². The zero-order valence-electron chi connectivity index (χ0n) is 18.3. The molecule has 0 saturated carbocycles. The molecular formula is C21H26F2N4O4S. The summed E-state index contributed by atoms with van der Waals surface area (Å²) in [5.74, 6) is 0.224. The van der Waals surface area contributed by atoms with Crippen LogP contribution in [-0.2, 0) is 9.59 Å². The molecule has 1 N–H and O–H groups in total. The molecule has 11 heteroatoms. The van der Waals surface area contributed by atoms with E-state index in [-0.39, 0.29) is 48.2 Å². The number of likely N-dealkylation sites (tertiary alicyclic amines) is 1. The third-order valence-corrected chi connectivity index (χ3v) is 5.79. The number of carbonyl (C=O) groups is 2. The van der Waals surface area contributed by atoms with Crippen LogP contribution >= 0.6 is 11.5 Å². The number of amides is 2. The molecule has 2 heterocycles. The molecule has 0 bridgehead atoms. The smallest absolute Gasteiger partial charge is 0.387 e. The summed E-state index contributed by atoms with van der Waals surface area (Å²) in [6.45, 7) is 4.95. The minimum absolute atomic E-state index is 0.0580. The van der Waals surface area contributed by atoms with Crippen molar-refractivity contribution >= 4 is 28.5 Å². The Morgan fingerprint density at radius 1 is 1.31 bits per heavy atom. The van der Waals surface area contributed by atoms with Crippen LogP contribution in [0.4, 0.5) is 13.9 Å². The van der Waals surface area contributed by atoms with Gasteiger partial charge in [0.1, 0.15) is 11.9 Å². The predicted molar refractivity (Wildman–Crippen MR) is 115 cm³/mol. The molecule has 0 spiro atoms. The van der Waals surface area contributed by atoms with Crippen molar-refractivity contribution in [3.8, 4) is 11.5 Å². The van der Waals surface area contributed by atoms with E-state index in [1.54, 1.807) is 26.0 Å². The highest BCUT2D eigenvalue weighted by atomic mass is 32.1. The summed E-state index contributed by atoms with van der Waals surface area (Å²) >= 11 is 1.10. The number of anilines is 1. The van der Waals surface area contributed by atoms with Gasteiger partial charge < -0.3 is 14.4 Å². The van der Waals surface area contributed by atoms with E-state index in [9.17, 15) is 18.4 Å². The Labute approximate surface area is 189 Å². The van der Waals surface area contributed by atoms with Gasteiger partial charge in [0.25, 0.3) is 0 Å². The number of benzene rings is 1. The van der Waals surface area contributed by atoms with Gasteiger partial charge in [-0.05, 0) is 31.5 Å². The van der Waals surface area contributed by atoms with Crippen molar-refractivity contribution in [2.24, 2.45) is 0 Å². The SMILES string of the molecule is CCOc1cc([C@@H]2CC(=O)N([C@H](C)C(=O)Nc3nc(C(C)C)ns3)C2)ccc1OC(F)F. The second-order valence-electron chi connectivity index (χ2n) is 7.74. The molecule has 1 aliphatic heterocycles. The number of aromatic nitrogens is 2. The van der Waals surface area contributed by atoms with Gasteiger partial charge in [-0.25, -0.2) is 4.98 Å². The number of nitrogens with zero attached hydrogens (tertiary/aromatic N) is 3. The molecular weight excluding hydrogens is 442 g/mol. The standard InChI is InChI=1S/C21H26F2N4O4S/c1-5-30-16-8-13(6-7-15(16)31-20(22)23)14-9-17(28)27(10-14)12(4)19(29)25-21-24-18(11(2)3)26-32-21/h6-8,11-12,14,20H,5,9-10H2,1-4H3,(H,24,25,26,29)/t12-,14-/m1/s1. The number of hydrogen-bond donors (Lipinski definition) is 1. The second kappa shape index (κ2) is 10.2. The van der Waals surface area contributed by atoms with Crippen molar-refractivity contribution < 1.29 is 27.8 Å². The van der Waals surface area contributed by atoms with Crippen molar-refractivity contribution in [3.05, 3.63) is 29.6 Å². The van der Waals surface area contributed by atoms with Crippen LogP contribution in [0.3, 0.4) is 0 Å². The van der Waals surface area contributed by atoms with E-state index in [0.717, 1.165) is 17.1 Å². The number of ether oxygens (including phenoxy) is 2. The van der Waals surface area contributed by atoms with Gasteiger partial charge in [0.05, 0.1) is 6.61 Å². The largest absolute Gasteiger partial charge is 0.490 e. The molecule has 8 nitrogen and oxygen atoms in total. The number of halogens is 2. The third-order valence-electron chi connectivity index (χ3n) is 5.15. The molecule has 2 atom stereocenters. The monoisotopic (exact) mass is 468 g/mol. The first kappa shape index (κ1) is 23.8. The maximum absolute atomic E-state index is 12.7. The first-order valence-corrected chi connectivity index (χ1v) is 11.1. The molecule has 0 aliphatic carbocycles. The van der Waals surface area contributed by atoms with E-state index in [0.29, 0.717) is 17.5 Å². The van der Waals surface area contributed by atoms with Crippen molar-refractivity contribution in [1.82, 2.24) is 14.3 Å². The number of nitrogens with one attached hydrogen (secondary N) is 1. The maximum atomic E-state index is 12.7. The average molecular weight is 469 g/mol. The number of alkyl halides is 2. The molecule has 0 unspecified atom stereocenters. The van der Waals surface area contributed by atoms with Gasteiger partial charge >= 0.3 is 6.61 Å². The summed E-state index contributed by atoms with van der Waals surface area (Å²) in [6, 6.07) is 3.97. The first-order valence-electron chi connectivity index (χ1n) is 10.3. The van der Waals surface area contributed by atoms with Crippen LogP contribution in [0, 0.1) is 0 Å². The second-order valence-corrected chi connectivity index (χ2v) is 8.49. The molecule has 2 amide bonds. The van der Waals surface area contributed by atoms with E-state index in [1.165, 1.54) is 11.0 Å². The topological polar surface area (TPSA) is 93.7 Å². The number of hydrogen-bond acceptors (Lipinski definition) is 7. The van der Waals surface area contributed by atoms with Crippen LogP contribution in [0.15, 0.2) is 18.2 Å². The van der Waals surface area contributed by atoms with E-state index in [4.69, 9.17) is 4.74 Å². The lowest BCUT2D eigenvalue weighted by atomic mass is 9.98. The Morgan fingerprint density at radius 2 is 2.06 bits per heavy atom. The number of carbonyl (C=O) groups excluding carboxylic acids is 2. The highest BCUT2D eigenvalue weighted by molar-refractivity contribution is 7.09. The molecule has 3 rings (SSSR count). The van der Waals surface area contributed by atoms with E-state index in [1.807, 2.05) is 13.8 Å². The quantitative estimate of drug-likeness (QED) is 0.598. The Bertz CT molecular complexity index is 969. The summed E-state index contributed by atoms with van der Waals surface area (Å²) in [6.07, 6.45) is 0.203. The lowest BCUT2D eigenvalue weighted by Gasteiger charge is -2.23. The maximum Gasteiger partial charge on any atom is 0.387 e. The molecule has 1 fully saturated rings. The molecule has 1 aromatic carbocycles. The van der Waals surface area contributed by atoms with Crippen LogP contribution in [0.5, 0.6) is 11.5 Å². The highest BCUT2D eigenvalue weighted by Gasteiger charge is 2.36. The summed E-state index contributed by atoms with van der Waals surface area (Å²) in [4.78, 5) is 31.1. The first-order chi connectivity index (χ1) is 15.2. The summed E-state index contributed by atoms with van der Waals surface area (Å²) in [5, 5.41) is 3.12. The average Bonchev–Trinajstić information content (AvgIpc) is 3.35. The van der Waals surface area contributed by atoms with E-state index in [2.05, 4.69) is 19.4 Å². The molecule has 1 aliphatic rings. The molecule has 32 heavy (non-hydrogen) atoms. The predicted octanol–water partition coefficient (Wildman–Crippen LogP) is 4.00. The fourth-order valence-electron chi connectivity index (χ4n) is 3.44. The van der Waals surface area contributed by atoms with Gasteiger partial charge in [-0.3, -0.25) is 14.9 Å².